The third-order valence-electron chi connectivity index (χ3n) is 11.1. The Morgan fingerprint density at radius 3 is 2.52 bits per heavy atom. The first-order valence-electron chi connectivity index (χ1n) is 19.2. The zero-order valence-corrected chi connectivity index (χ0v) is 33.6. The SMILES string of the molecule is Cc1c(C#Cc2cnn(CCN3CCC(Oc4cccc5c4C(=O)N(C4CCC(=O)NC4=O)C5=O)CC3)c2)sc2c1C(c1ccc(Cl)cc1)=N[C@@H](C)c1nnc(C)n1-2. The molecule has 7 heterocycles. The van der Waals surface area contributed by atoms with Crippen molar-refractivity contribution in [3.05, 3.63) is 110 Å². The van der Waals surface area contributed by atoms with Crippen molar-refractivity contribution in [1.29, 1.82) is 0 Å². The number of rotatable bonds is 7. The van der Waals surface area contributed by atoms with Crippen molar-refractivity contribution in [1.82, 2.24) is 39.7 Å². The summed E-state index contributed by atoms with van der Waals surface area (Å²) in [4.78, 5) is 60.3. The molecule has 1 unspecified atom stereocenters. The molecule has 0 radical (unpaired) electrons. The molecule has 4 aliphatic heterocycles. The number of fused-ring (bicyclic) bond motifs is 4. The van der Waals surface area contributed by atoms with Gasteiger partial charge in [-0.25, -0.2) is 0 Å². The van der Waals surface area contributed by atoms with Gasteiger partial charge >= 0.3 is 0 Å². The summed E-state index contributed by atoms with van der Waals surface area (Å²) < 4.78 is 10.3. The summed E-state index contributed by atoms with van der Waals surface area (Å²) in [5, 5.41) is 17.3. The fourth-order valence-electron chi connectivity index (χ4n) is 8.03. The van der Waals surface area contributed by atoms with E-state index < -0.39 is 29.7 Å². The highest BCUT2D eigenvalue weighted by atomic mass is 35.5. The zero-order valence-electron chi connectivity index (χ0n) is 32.0. The molecule has 4 amide bonds. The fourth-order valence-corrected chi connectivity index (χ4v) is 9.38. The molecular formula is C42H38ClN9O5S. The lowest BCUT2D eigenvalue weighted by Gasteiger charge is -2.32. The number of halogens is 1. The Bertz CT molecular complexity index is 2610. The number of carbonyl (C=O) groups is 4. The molecule has 0 saturated carbocycles. The van der Waals surface area contributed by atoms with Crippen LogP contribution in [0.15, 0.2) is 59.9 Å². The maximum absolute atomic E-state index is 13.5. The Balaban J connectivity index is 0.837. The van der Waals surface area contributed by atoms with Gasteiger partial charge in [0.2, 0.25) is 11.8 Å². The molecule has 9 rings (SSSR count). The first-order valence-corrected chi connectivity index (χ1v) is 20.4. The van der Waals surface area contributed by atoms with Crippen LogP contribution in [0.4, 0.5) is 0 Å². The Morgan fingerprint density at radius 1 is 0.948 bits per heavy atom. The number of aryl methyl sites for hydroxylation is 1. The largest absolute Gasteiger partial charge is 0.489 e. The molecule has 5 aromatic rings. The molecule has 58 heavy (non-hydrogen) atoms. The van der Waals surface area contributed by atoms with E-state index in [1.54, 1.807) is 35.7 Å². The van der Waals surface area contributed by atoms with Crippen molar-refractivity contribution >= 4 is 52.3 Å². The minimum absolute atomic E-state index is 0.0640. The Kier molecular flexibility index (Phi) is 9.79. The number of imide groups is 2. The van der Waals surface area contributed by atoms with E-state index in [-0.39, 0.29) is 36.1 Å². The van der Waals surface area contributed by atoms with Crippen LogP contribution in [0.5, 0.6) is 5.75 Å². The summed E-state index contributed by atoms with van der Waals surface area (Å²) in [6, 6.07) is 11.5. The highest BCUT2D eigenvalue weighted by Crippen LogP contribution is 2.39. The second-order valence-corrected chi connectivity index (χ2v) is 16.3. The number of benzene rings is 2. The van der Waals surface area contributed by atoms with Gasteiger partial charge in [-0.05, 0) is 69.9 Å². The lowest BCUT2D eigenvalue weighted by molar-refractivity contribution is -0.136. The van der Waals surface area contributed by atoms with Crippen molar-refractivity contribution in [2.24, 2.45) is 4.99 Å². The maximum atomic E-state index is 13.5. The van der Waals surface area contributed by atoms with Gasteiger partial charge in [0.05, 0.1) is 40.0 Å². The van der Waals surface area contributed by atoms with Crippen LogP contribution in [-0.4, -0.2) is 95.5 Å². The zero-order chi connectivity index (χ0) is 40.2. The van der Waals surface area contributed by atoms with E-state index in [9.17, 15) is 19.2 Å². The van der Waals surface area contributed by atoms with E-state index in [1.165, 1.54) is 0 Å². The summed E-state index contributed by atoms with van der Waals surface area (Å²) in [7, 11) is 0. The molecular weight excluding hydrogens is 778 g/mol. The van der Waals surface area contributed by atoms with E-state index in [0.29, 0.717) is 17.3 Å². The number of piperidine rings is 2. The molecule has 2 atom stereocenters. The van der Waals surface area contributed by atoms with Crippen LogP contribution in [0, 0.1) is 25.7 Å². The van der Waals surface area contributed by atoms with E-state index >= 15 is 0 Å². The number of carbonyl (C=O) groups excluding carboxylic acids is 4. The summed E-state index contributed by atoms with van der Waals surface area (Å²) >= 11 is 7.85. The predicted molar refractivity (Wildman–Crippen MR) is 216 cm³/mol. The molecule has 0 spiro atoms. The van der Waals surface area contributed by atoms with Crippen LogP contribution in [-0.2, 0) is 16.1 Å². The summed E-state index contributed by atoms with van der Waals surface area (Å²) in [5.41, 5.74) is 5.11. The number of hydrogen-bond acceptors (Lipinski definition) is 11. The second kappa shape index (κ2) is 15.1. The average Bonchev–Trinajstić information content (AvgIpc) is 3.96. The van der Waals surface area contributed by atoms with E-state index in [2.05, 4.69) is 48.8 Å². The van der Waals surface area contributed by atoms with Gasteiger partial charge in [-0.15, -0.1) is 21.5 Å². The minimum Gasteiger partial charge on any atom is -0.489 e. The quantitative estimate of drug-likeness (QED) is 0.176. The number of nitrogens with one attached hydrogen (secondary N) is 1. The number of hydrogen-bond donors (Lipinski definition) is 1. The molecule has 3 aromatic heterocycles. The van der Waals surface area contributed by atoms with Crippen molar-refractivity contribution in [2.75, 3.05) is 19.6 Å². The number of amides is 4. The van der Waals surface area contributed by atoms with Gasteiger partial charge in [0, 0.05) is 48.4 Å². The number of aromatic nitrogens is 5. The Morgan fingerprint density at radius 2 is 1.74 bits per heavy atom. The first-order chi connectivity index (χ1) is 28.0. The van der Waals surface area contributed by atoms with Crippen LogP contribution in [0.1, 0.15) is 98.1 Å². The molecule has 4 aliphatic rings. The van der Waals surface area contributed by atoms with Gasteiger partial charge in [-0.2, -0.15) is 5.10 Å². The number of likely N-dealkylation sites (tertiary alicyclic amines) is 1. The molecule has 14 nitrogen and oxygen atoms in total. The third-order valence-corrected chi connectivity index (χ3v) is 12.5. The predicted octanol–water partition coefficient (Wildman–Crippen LogP) is 5.05. The smallest absolute Gasteiger partial charge is 0.266 e. The third kappa shape index (κ3) is 6.80. The maximum Gasteiger partial charge on any atom is 0.266 e. The van der Waals surface area contributed by atoms with Crippen molar-refractivity contribution in [3.63, 3.8) is 0 Å². The molecule has 2 aromatic carbocycles. The first kappa shape index (κ1) is 37.6. The van der Waals surface area contributed by atoms with Gasteiger partial charge in [0.15, 0.2) is 5.82 Å². The molecule has 16 heteroatoms. The average molecular weight is 816 g/mol. The molecule has 1 N–H and O–H groups in total. The van der Waals surface area contributed by atoms with Gasteiger partial charge in [-0.1, -0.05) is 41.6 Å². The monoisotopic (exact) mass is 815 g/mol. The van der Waals surface area contributed by atoms with E-state index in [0.717, 1.165) is 86.9 Å². The summed E-state index contributed by atoms with van der Waals surface area (Å²) in [5.74, 6) is 6.50. The Hall–Kier alpha value is -5.95. The van der Waals surface area contributed by atoms with E-state index in [1.807, 2.05) is 49.0 Å². The van der Waals surface area contributed by atoms with Crippen LogP contribution in [0.3, 0.4) is 0 Å². The fraction of sp³-hybridized carbons (Fsp3) is 0.333. The summed E-state index contributed by atoms with van der Waals surface area (Å²) in [6.45, 7) is 9.13. The van der Waals surface area contributed by atoms with Crippen LogP contribution in [0.25, 0.3) is 5.00 Å². The minimum atomic E-state index is -1.02. The highest BCUT2D eigenvalue weighted by Gasteiger charge is 2.46. The Labute approximate surface area is 342 Å². The van der Waals surface area contributed by atoms with Crippen LogP contribution < -0.4 is 10.1 Å². The molecule has 2 saturated heterocycles. The molecule has 294 valence electrons. The lowest BCUT2D eigenvalue weighted by atomic mass is 9.99. The van der Waals surface area contributed by atoms with Gasteiger partial charge in [0.25, 0.3) is 11.8 Å². The summed E-state index contributed by atoms with van der Waals surface area (Å²) in [6.07, 6.45) is 5.25. The second-order valence-electron chi connectivity index (χ2n) is 14.9. The highest BCUT2D eigenvalue weighted by molar-refractivity contribution is 7.15. The van der Waals surface area contributed by atoms with Gasteiger partial charge < -0.3 is 9.64 Å². The van der Waals surface area contributed by atoms with Crippen molar-refractivity contribution in [3.8, 4) is 22.6 Å². The molecule has 2 fully saturated rings. The van der Waals surface area contributed by atoms with Gasteiger partial charge in [0.1, 0.15) is 34.8 Å². The molecule has 0 aliphatic carbocycles. The van der Waals surface area contributed by atoms with Crippen LogP contribution >= 0.6 is 22.9 Å². The molecule has 0 bridgehead atoms. The number of aliphatic imine (C=N–C) groups is 1. The number of ether oxygens (including phenoxy) is 1. The number of thiophene rings is 1. The topological polar surface area (TPSA) is 157 Å². The lowest BCUT2D eigenvalue weighted by Crippen LogP contribution is -2.54. The van der Waals surface area contributed by atoms with Crippen molar-refractivity contribution in [2.45, 2.75) is 71.2 Å². The van der Waals surface area contributed by atoms with Gasteiger partial charge in [-0.3, -0.25) is 43.6 Å². The normalized spacial score (nSPS) is 19.5. The van der Waals surface area contributed by atoms with Crippen LogP contribution in [0.2, 0.25) is 5.02 Å². The number of nitrogens with zero attached hydrogens (tertiary/aromatic N) is 8. The standard InChI is InChI=1S/C42H38ClN9O5S/c1-23-33(58-42-35(23)37(27-8-10-28(43)11-9-27)45-24(2)38-48-47-25(3)51(38)42)13-7-26-21-44-50(22-26)20-19-49-17-15-29(16-18-49)57-32-6-4-5-30-36(32)41(56)52(40(30)55)31-12-14-34(53)46-39(31)54/h4-6,8-11,21-22,24,29,31H,12,14-20H2,1-3H3,(H,46,53,54)/t24-,31?/m0/s1. The van der Waals surface area contributed by atoms with Crippen molar-refractivity contribution < 1.29 is 23.9 Å². The van der Waals surface area contributed by atoms with E-state index in [4.69, 9.17) is 21.3 Å².